The Hall–Kier alpha value is -5.16. The molecule has 5 heteroatoms. The molecule has 0 spiro atoms. The minimum atomic E-state index is 0.00585. The van der Waals surface area contributed by atoms with Crippen molar-refractivity contribution in [2.45, 2.75) is 66.2 Å². The van der Waals surface area contributed by atoms with Crippen molar-refractivity contribution in [1.29, 1.82) is 0 Å². The Balaban J connectivity index is 1.28. The summed E-state index contributed by atoms with van der Waals surface area (Å²) in [4.78, 5) is 4.83. The van der Waals surface area contributed by atoms with Crippen molar-refractivity contribution in [1.82, 2.24) is 14.1 Å². The first-order valence-corrected chi connectivity index (χ1v) is 16.3. The Morgan fingerprint density at radius 1 is 0.681 bits per heavy atom. The van der Waals surface area contributed by atoms with Crippen LogP contribution >= 0.6 is 0 Å². The standard InChI is InChI=1S/C42H42N4O/c1-28-29(2)45(38-19-12-10-17-36(38)42(6,7)8)27-44(28)31-14-13-15-32(25-31)47-33-20-21-35-34-16-9-11-18-37(34)46(39(35)26-33)40-24-30(22-23-43-40)41(3,4)5/h9-26H,1-8H3. The van der Waals surface area contributed by atoms with E-state index in [0.717, 1.165) is 56.5 Å². The molecule has 5 nitrogen and oxygen atoms in total. The summed E-state index contributed by atoms with van der Waals surface area (Å²) in [6, 6.07) is 36.0. The molecule has 0 aliphatic carbocycles. The average Bonchev–Trinajstić information content (AvgIpc) is 3.53. The normalized spacial score (nSPS) is 12.3. The molecule has 236 valence electrons. The number of aromatic nitrogens is 4. The van der Waals surface area contributed by atoms with Gasteiger partial charge in [-0.15, -0.1) is 0 Å². The lowest BCUT2D eigenvalue weighted by Gasteiger charge is -2.23. The van der Waals surface area contributed by atoms with Crippen LogP contribution in [0.3, 0.4) is 0 Å². The highest BCUT2D eigenvalue weighted by atomic mass is 16.5. The van der Waals surface area contributed by atoms with E-state index in [9.17, 15) is 0 Å². The van der Waals surface area contributed by atoms with Crippen molar-refractivity contribution >= 4 is 21.8 Å². The summed E-state index contributed by atoms with van der Waals surface area (Å²) >= 11 is 0. The molecule has 0 saturated carbocycles. The number of fused-ring (bicyclic) bond motifs is 3. The third-order valence-corrected chi connectivity index (χ3v) is 9.14. The number of imidazole rings is 1. The molecule has 0 N–H and O–H groups in total. The van der Waals surface area contributed by atoms with Gasteiger partial charge in [0, 0.05) is 23.0 Å². The largest absolute Gasteiger partial charge is 0.458 e. The second-order valence-electron chi connectivity index (χ2n) is 14.5. The molecule has 7 aromatic rings. The number of rotatable bonds is 5. The van der Waals surface area contributed by atoms with Crippen molar-refractivity contribution in [3.63, 3.8) is 0 Å². The third-order valence-electron chi connectivity index (χ3n) is 9.14. The fraction of sp³-hybridized carbons (Fsp3) is 0.238. The highest BCUT2D eigenvalue weighted by molar-refractivity contribution is 6.09. The summed E-state index contributed by atoms with van der Waals surface area (Å²) in [5.41, 5.74) is 9.15. The van der Waals surface area contributed by atoms with Crippen LogP contribution < -0.4 is 9.30 Å². The van der Waals surface area contributed by atoms with E-state index >= 15 is 0 Å². The quantitative estimate of drug-likeness (QED) is 0.142. The van der Waals surface area contributed by atoms with Gasteiger partial charge < -0.3 is 4.74 Å². The maximum absolute atomic E-state index is 6.57. The Bertz CT molecular complexity index is 2270. The lowest BCUT2D eigenvalue weighted by Crippen LogP contribution is -2.35. The van der Waals surface area contributed by atoms with Gasteiger partial charge >= 0.3 is 0 Å². The molecule has 4 aromatic carbocycles. The second-order valence-corrected chi connectivity index (χ2v) is 14.5. The van der Waals surface area contributed by atoms with Crippen LogP contribution in [0.25, 0.3) is 39.0 Å². The number of hydrogen-bond acceptors (Lipinski definition) is 2. The van der Waals surface area contributed by atoms with Crippen molar-refractivity contribution in [3.8, 4) is 28.7 Å². The summed E-state index contributed by atoms with van der Waals surface area (Å²) in [6.45, 7) is 17.8. The maximum Gasteiger partial charge on any atom is 0.269 e. The van der Waals surface area contributed by atoms with Gasteiger partial charge in [-0.05, 0) is 90.4 Å². The van der Waals surface area contributed by atoms with Crippen molar-refractivity contribution in [3.05, 3.63) is 138 Å². The van der Waals surface area contributed by atoms with Crippen LogP contribution in [0, 0.1) is 20.2 Å². The Kier molecular flexibility index (Phi) is 7.31. The lowest BCUT2D eigenvalue weighted by molar-refractivity contribution is -0.606. The summed E-state index contributed by atoms with van der Waals surface area (Å²) < 4.78 is 13.1. The second kappa shape index (κ2) is 11.3. The number of ether oxygens (including phenoxy) is 1. The number of nitrogens with zero attached hydrogens (tertiary/aromatic N) is 4. The summed E-state index contributed by atoms with van der Waals surface area (Å²) in [6.07, 6.45) is 5.55. The van der Waals surface area contributed by atoms with Crippen LogP contribution in [0.5, 0.6) is 11.5 Å². The number of hydrogen-bond donors (Lipinski definition) is 0. The topological polar surface area (TPSA) is 35.9 Å². The average molecular weight is 619 g/mol. The SMILES string of the molecule is Cc1c(C)[n+](-c2ccccc2C(C)(C)C)[c-]n1-c1cccc(Oc2ccc3c4ccccc4n(-c4cc(C(C)(C)C)ccn4)c3c2)c1. The van der Waals surface area contributed by atoms with E-state index in [0.29, 0.717) is 0 Å². The minimum absolute atomic E-state index is 0.00585. The van der Waals surface area contributed by atoms with Gasteiger partial charge in [-0.3, -0.25) is 13.7 Å². The lowest BCUT2D eigenvalue weighted by atomic mass is 9.85. The molecule has 0 aliphatic rings. The minimum Gasteiger partial charge on any atom is -0.458 e. The van der Waals surface area contributed by atoms with Gasteiger partial charge in [0.25, 0.3) is 6.33 Å². The highest BCUT2D eigenvalue weighted by Gasteiger charge is 2.22. The molecule has 3 aromatic heterocycles. The van der Waals surface area contributed by atoms with E-state index < -0.39 is 0 Å². The molecule has 7 rings (SSSR count). The molecule has 0 atom stereocenters. The number of para-hydroxylation sites is 2. The van der Waals surface area contributed by atoms with Crippen LogP contribution in [-0.2, 0) is 10.8 Å². The van der Waals surface area contributed by atoms with Crippen LogP contribution in [0.4, 0.5) is 0 Å². The molecule has 0 saturated heterocycles. The van der Waals surface area contributed by atoms with E-state index in [1.54, 1.807) is 0 Å². The molecule has 3 heterocycles. The van der Waals surface area contributed by atoms with Gasteiger partial charge in [0.15, 0.2) is 0 Å². The third kappa shape index (κ3) is 5.50. The van der Waals surface area contributed by atoms with Gasteiger partial charge in [0.05, 0.1) is 33.8 Å². The first-order chi connectivity index (χ1) is 22.4. The molecule has 0 amide bonds. The highest BCUT2D eigenvalue weighted by Crippen LogP contribution is 2.36. The molecule has 47 heavy (non-hydrogen) atoms. The van der Waals surface area contributed by atoms with E-state index in [4.69, 9.17) is 9.72 Å². The molecule has 0 aliphatic heterocycles. The predicted octanol–water partition coefficient (Wildman–Crippen LogP) is 10.1. The van der Waals surface area contributed by atoms with Crippen LogP contribution in [0.2, 0.25) is 0 Å². The van der Waals surface area contributed by atoms with Crippen molar-refractivity contribution < 1.29 is 9.30 Å². The van der Waals surface area contributed by atoms with Crippen molar-refractivity contribution in [2.24, 2.45) is 0 Å². The Morgan fingerprint density at radius 3 is 2.19 bits per heavy atom. The smallest absolute Gasteiger partial charge is 0.269 e. The van der Waals surface area contributed by atoms with Crippen LogP contribution in [0.15, 0.2) is 109 Å². The predicted molar refractivity (Wildman–Crippen MR) is 192 cm³/mol. The van der Waals surface area contributed by atoms with Gasteiger partial charge in [-0.25, -0.2) is 4.98 Å². The van der Waals surface area contributed by atoms with Gasteiger partial charge in [0.1, 0.15) is 17.3 Å². The molecular formula is C42H42N4O. The van der Waals surface area contributed by atoms with Gasteiger partial charge in [0.2, 0.25) is 0 Å². The Morgan fingerprint density at radius 2 is 1.40 bits per heavy atom. The molecule has 0 fully saturated rings. The number of benzene rings is 4. The summed E-state index contributed by atoms with van der Waals surface area (Å²) in [5, 5.41) is 2.35. The summed E-state index contributed by atoms with van der Waals surface area (Å²) in [7, 11) is 0. The monoisotopic (exact) mass is 618 g/mol. The first kappa shape index (κ1) is 30.5. The van der Waals surface area contributed by atoms with Gasteiger partial charge in [-0.1, -0.05) is 84.0 Å². The molecule has 0 unspecified atom stereocenters. The van der Waals surface area contributed by atoms with E-state index in [1.807, 2.05) is 18.3 Å². The van der Waals surface area contributed by atoms with Gasteiger partial charge in [-0.2, -0.15) is 0 Å². The Labute approximate surface area is 277 Å². The zero-order chi connectivity index (χ0) is 33.1. The number of pyridine rings is 1. The van der Waals surface area contributed by atoms with Crippen LogP contribution in [0.1, 0.15) is 64.1 Å². The zero-order valence-corrected chi connectivity index (χ0v) is 28.6. The fourth-order valence-corrected chi connectivity index (χ4v) is 6.45. The van der Waals surface area contributed by atoms with E-state index in [2.05, 4.69) is 166 Å². The zero-order valence-electron chi connectivity index (χ0n) is 28.6. The first-order valence-electron chi connectivity index (χ1n) is 16.3. The summed E-state index contributed by atoms with van der Waals surface area (Å²) in [5.74, 6) is 2.43. The fourth-order valence-electron chi connectivity index (χ4n) is 6.45. The van der Waals surface area contributed by atoms with Crippen molar-refractivity contribution in [2.75, 3.05) is 0 Å². The van der Waals surface area contributed by atoms with Crippen LogP contribution in [-0.4, -0.2) is 14.1 Å². The molecular weight excluding hydrogens is 576 g/mol. The molecule has 0 radical (unpaired) electrons. The molecule has 0 bridgehead atoms. The maximum atomic E-state index is 6.57. The van der Waals surface area contributed by atoms with E-state index in [-0.39, 0.29) is 10.8 Å². The van der Waals surface area contributed by atoms with E-state index in [1.165, 1.54) is 16.5 Å².